The first kappa shape index (κ1) is 26.1. The van der Waals surface area contributed by atoms with Crippen LogP contribution in [0.3, 0.4) is 0 Å². The highest BCUT2D eigenvalue weighted by Crippen LogP contribution is 2.66. The van der Waals surface area contributed by atoms with Crippen molar-refractivity contribution in [3.05, 3.63) is 22.0 Å². The van der Waals surface area contributed by atoms with Gasteiger partial charge in [0.1, 0.15) is 17.6 Å². The highest BCUT2D eigenvalue weighted by atomic mass is 31.3. The molecule has 10 N–H and O–H groups in total. The van der Waals surface area contributed by atoms with Crippen LogP contribution < -0.4 is 16.5 Å². The lowest BCUT2D eigenvalue weighted by Crippen LogP contribution is -2.26. The summed E-state index contributed by atoms with van der Waals surface area (Å²) in [7, 11) is -16.7. The minimum absolute atomic E-state index is 0.197. The number of hydrogen-bond donors (Lipinski definition) is 9. The van der Waals surface area contributed by atoms with Gasteiger partial charge in [0.05, 0.1) is 18.8 Å². The Hall–Kier alpha value is -1.20. The molecule has 0 saturated carbocycles. The average Bonchev–Trinajstić information content (AvgIpc) is 2.90. The van der Waals surface area contributed by atoms with E-state index in [1.165, 1.54) is 0 Å². The molecule has 0 bridgehead atoms. The fourth-order valence-electron chi connectivity index (χ4n) is 2.50. The van der Waals surface area contributed by atoms with Crippen LogP contribution in [0.5, 0.6) is 0 Å². The fraction of sp³-hybridized carbons (Fsp3) is 0.500. The van der Waals surface area contributed by atoms with Gasteiger partial charge in [-0.2, -0.15) is 8.62 Å². The van der Waals surface area contributed by atoms with Gasteiger partial charge >= 0.3 is 23.5 Å². The molecule has 2 rings (SSSR count). The number of nitrogens with two attached hydrogens (primary N) is 1. The lowest BCUT2D eigenvalue weighted by Gasteiger charge is -2.19. The third-order valence-electron chi connectivity index (χ3n) is 3.68. The van der Waals surface area contributed by atoms with Crippen molar-refractivity contribution in [1.82, 2.24) is 4.98 Å². The van der Waals surface area contributed by atoms with Crippen molar-refractivity contribution < 1.29 is 66.7 Å². The fourth-order valence-corrected chi connectivity index (χ4v) is 5.53. The molecular weight excluding hydrogens is 495 g/mol. The normalized spacial score (nSPS) is 25.7. The molecule has 0 radical (unpaired) electrons. The number of anilines is 2. The Kier molecular flexibility index (Phi) is 7.86. The molecule has 1 aromatic heterocycles. The SMILES string of the molecule is Nc1[nH]c(=O)c([C@H]2C[C@H](O)[C@@H](COP(=O)(O)OP(=O)(O)OP(=O)(O)O)O2)cc1N(O)O. The third-order valence-corrected chi connectivity index (χ3v) is 7.49. The van der Waals surface area contributed by atoms with Crippen LogP contribution >= 0.6 is 23.5 Å². The van der Waals surface area contributed by atoms with Gasteiger partial charge in [-0.25, -0.2) is 13.7 Å². The second-order valence-corrected chi connectivity index (χ2v) is 10.4. The van der Waals surface area contributed by atoms with E-state index in [9.17, 15) is 28.5 Å². The van der Waals surface area contributed by atoms with Crippen LogP contribution in [-0.4, -0.2) is 58.9 Å². The number of phosphoric ester groups is 1. The first-order valence-corrected chi connectivity index (χ1v) is 12.3. The zero-order chi connectivity index (χ0) is 23.8. The van der Waals surface area contributed by atoms with Crippen LogP contribution in [0.15, 0.2) is 10.9 Å². The van der Waals surface area contributed by atoms with Crippen molar-refractivity contribution >= 4 is 35.0 Å². The highest BCUT2D eigenvalue weighted by Gasteiger charge is 2.43. The summed E-state index contributed by atoms with van der Waals surface area (Å²) in [6.07, 6.45) is -4.19. The zero-order valence-corrected chi connectivity index (χ0v) is 17.7. The van der Waals surface area contributed by atoms with Gasteiger partial charge < -0.3 is 40.1 Å². The molecule has 1 fully saturated rings. The molecule has 18 nitrogen and oxygen atoms in total. The van der Waals surface area contributed by atoms with E-state index < -0.39 is 59.6 Å². The van der Waals surface area contributed by atoms with Crippen LogP contribution in [0.1, 0.15) is 18.1 Å². The van der Waals surface area contributed by atoms with Crippen molar-refractivity contribution in [2.75, 3.05) is 17.6 Å². The molecule has 21 heteroatoms. The van der Waals surface area contributed by atoms with Crippen LogP contribution in [0.25, 0.3) is 0 Å². The van der Waals surface area contributed by atoms with E-state index in [0.717, 1.165) is 6.07 Å². The number of aromatic nitrogens is 1. The van der Waals surface area contributed by atoms with Crippen molar-refractivity contribution in [1.29, 1.82) is 0 Å². The molecule has 31 heavy (non-hydrogen) atoms. The van der Waals surface area contributed by atoms with E-state index in [1.807, 2.05) is 0 Å². The van der Waals surface area contributed by atoms with Gasteiger partial charge in [0.25, 0.3) is 5.56 Å². The number of aromatic amines is 1. The first-order chi connectivity index (χ1) is 14.0. The van der Waals surface area contributed by atoms with Gasteiger partial charge in [-0.15, -0.1) is 5.23 Å². The second-order valence-electron chi connectivity index (χ2n) is 6.00. The van der Waals surface area contributed by atoms with Crippen LogP contribution in [0, 0.1) is 0 Å². The van der Waals surface area contributed by atoms with Crippen molar-refractivity contribution in [2.24, 2.45) is 0 Å². The third kappa shape index (κ3) is 7.42. The molecule has 0 spiro atoms. The average molecular weight is 513 g/mol. The van der Waals surface area contributed by atoms with E-state index in [1.54, 1.807) is 0 Å². The number of phosphoric acid groups is 3. The van der Waals surface area contributed by atoms with Gasteiger partial charge in [-0.05, 0) is 6.07 Å². The van der Waals surface area contributed by atoms with Crippen LogP contribution in [-0.2, 0) is 31.6 Å². The first-order valence-electron chi connectivity index (χ1n) is 7.82. The Labute approximate surface area is 171 Å². The number of aliphatic hydroxyl groups excluding tert-OH is 1. The van der Waals surface area contributed by atoms with Crippen molar-refractivity contribution in [2.45, 2.75) is 24.7 Å². The minimum Gasteiger partial charge on any atom is -0.390 e. The Morgan fingerprint density at radius 1 is 1.16 bits per heavy atom. The summed E-state index contributed by atoms with van der Waals surface area (Å²) in [5.74, 6) is -0.387. The molecule has 1 saturated heterocycles. The molecular formula is C10H18N3O15P3. The number of H-pyrrole nitrogens is 1. The quantitative estimate of drug-likeness (QED) is 0.142. The maximum absolute atomic E-state index is 12.1. The summed E-state index contributed by atoms with van der Waals surface area (Å²) in [4.78, 5) is 49.6. The summed E-state index contributed by atoms with van der Waals surface area (Å²) in [6, 6.07) is 0.955. The van der Waals surface area contributed by atoms with E-state index in [4.69, 9.17) is 35.6 Å². The highest BCUT2D eigenvalue weighted by molar-refractivity contribution is 7.66. The molecule has 1 aliphatic rings. The van der Waals surface area contributed by atoms with Gasteiger partial charge in [-0.3, -0.25) is 19.7 Å². The number of rotatable bonds is 9. The van der Waals surface area contributed by atoms with Crippen LogP contribution in [0.2, 0.25) is 0 Å². The predicted molar refractivity (Wildman–Crippen MR) is 95.6 cm³/mol. The van der Waals surface area contributed by atoms with E-state index in [2.05, 4.69) is 18.1 Å². The molecule has 1 aromatic rings. The van der Waals surface area contributed by atoms with Gasteiger partial charge in [-0.1, -0.05) is 0 Å². The van der Waals surface area contributed by atoms with E-state index in [-0.39, 0.29) is 23.0 Å². The number of pyridine rings is 1. The standard InChI is InChI=1S/C10H18N3O15P3/c11-9-5(13(16)17)1-4(10(15)12-9)7-2-6(14)8(26-7)3-25-30(21,22)28-31(23,24)27-29(18,19)20/h1,6-8,14,16-17H,2-3H2,(H,21,22)(H,23,24)(H3,11,12,15)(H2,18,19,20)/t6-,7+,8+/m0/s1. The molecule has 0 aliphatic carbocycles. The topological polar surface area (TPSA) is 292 Å². The monoisotopic (exact) mass is 513 g/mol. The zero-order valence-electron chi connectivity index (χ0n) is 15.0. The lowest BCUT2D eigenvalue weighted by atomic mass is 10.1. The lowest BCUT2D eigenvalue weighted by molar-refractivity contribution is -0.0225. The number of aliphatic hydroxyl groups is 1. The number of nitrogens with zero attached hydrogens (tertiary/aromatic N) is 1. The Bertz CT molecular complexity index is 1010. The maximum atomic E-state index is 12.1. The van der Waals surface area contributed by atoms with E-state index in [0.29, 0.717) is 0 Å². The summed E-state index contributed by atoms with van der Waals surface area (Å²) in [5.41, 5.74) is 4.02. The Morgan fingerprint density at radius 2 is 1.77 bits per heavy atom. The molecule has 0 aromatic carbocycles. The smallest absolute Gasteiger partial charge is 0.390 e. The van der Waals surface area contributed by atoms with E-state index >= 15 is 0 Å². The predicted octanol–water partition coefficient (Wildman–Crippen LogP) is -0.924. The summed E-state index contributed by atoms with van der Waals surface area (Å²) in [6.45, 7) is -0.937. The number of hydrogen-bond acceptors (Lipinski definition) is 13. The molecule has 1 aliphatic heterocycles. The minimum atomic E-state index is -5.71. The molecule has 178 valence electrons. The summed E-state index contributed by atoms with van der Waals surface area (Å²) in [5, 5.41) is 27.9. The Morgan fingerprint density at radius 3 is 2.32 bits per heavy atom. The summed E-state index contributed by atoms with van der Waals surface area (Å²) >= 11 is 0. The molecule has 2 unspecified atom stereocenters. The Balaban J connectivity index is 2.07. The van der Waals surface area contributed by atoms with Crippen molar-refractivity contribution in [3.63, 3.8) is 0 Å². The second kappa shape index (κ2) is 9.35. The maximum Gasteiger partial charge on any atom is 0.490 e. The number of ether oxygens (including phenoxy) is 1. The van der Waals surface area contributed by atoms with Gasteiger partial charge in [0.2, 0.25) is 0 Å². The summed E-state index contributed by atoms with van der Waals surface area (Å²) < 4.78 is 50.4. The van der Waals surface area contributed by atoms with Gasteiger partial charge in [0.15, 0.2) is 0 Å². The van der Waals surface area contributed by atoms with Crippen molar-refractivity contribution in [3.8, 4) is 0 Å². The van der Waals surface area contributed by atoms with Gasteiger partial charge in [0, 0.05) is 12.0 Å². The largest absolute Gasteiger partial charge is 0.490 e. The number of nitrogen functional groups attached to an aromatic ring is 1. The van der Waals surface area contributed by atoms with Crippen LogP contribution in [0.4, 0.5) is 11.5 Å². The molecule has 0 amide bonds. The molecule has 5 atom stereocenters. The molecule has 2 heterocycles. The number of nitrogens with one attached hydrogen (secondary N) is 1.